The lowest BCUT2D eigenvalue weighted by Gasteiger charge is -2.35. The van der Waals surface area contributed by atoms with Gasteiger partial charge in [0.1, 0.15) is 6.23 Å². The van der Waals surface area contributed by atoms with E-state index in [1.165, 1.54) is 11.3 Å². The fourth-order valence-electron chi connectivity index (χ4n) is 2.21. The number of carbonyl (C=O) groups excluding carboxylic acids is 1. The largest absolute Gasteiger partial charge is 0.379 e. The first-order chi connectivity index (χ1) is 9.06. The smallest absolute Gasteiger partial charge is 0.174 e. The first-order valence-electron chi connectivity index (χ1n) is 6.49. The second kappa shape index (κ2) is 6.95. The van der Waals surface area contributed by atoms with Gasteiger partial charge < -0.3 is 10.0 Å². The van der Waals surface area contributed by atoms with Crippen LogP contribution in [0.5, 0.6) is 0 Å². The molecule has 0 radical (unpaired) electrons. The molecule has 1 aliphatic rings. The summed E-state index contributed by atoms with van der Waals surface area (Å²) in [6, 6.07) is 3.79. The molecular formula is C13H19BrN2O2S. The minimum absolute atomic E-state index is 0.216. The van der Waals surface area contributed by atoms with Gasteiger partial charge in [0.15, 0.2) is 5.78 Å². The Morgan fingerprint density at radius 1 is 1.42 bits per heavy atom. The average molecular weight is 347 g/mol. The molecule has 6 heteroatoms. The number of aliphatic hydroxyl groups is 1. The van der Waals surface area contributed by atoms with Gasteiger partial charge in [-0.15, -0.1) is 11.3 Å². The molecule has 0 aliphatic carbocycles. The molecule has 1 aliphatic heterocycles. The molecule has 1 N–H and O–H groups in total. The summed E-state index contributed by atoms with van der Waals surface area (Å²) in [5.41, 5.74) is 0. The van der Waals surface area contributed by atoms with Gasteiger partial charge in [0.2, 0.25) is 0 Å². The fraction of sp³-hybridized carbons (Fsp3) is 0.615. The average Bonchev–Trinajstić information content (AvgIpc) is 2.83. The highest BCUT2D eigenvalue weighted by Crippen LogP contribution is 2.23. The second-order valence-electron chi connectivity index (χ2n) is 4.79. The number of piperazine rings is 1. The zero-order chi connectivity index (χ0) is 13.8. The molecule has 1 unspecified atom stereocenters. The van der Waals surface area contributed by atoms with Crippen molar-refractivity contribution in [3.63, 3.8) is 0 Å². The van der Waals surface area contributed by atoms with Crippen molar-refractivity contribution in [1.82, 2.24) is 9.80 Å². The molecule has 0 aromatic carbocycles. The van der Waals surface area contributed by atoms with Gasteiger partial charge in [-0.3, -0.25) is 9.69 Å². The van der Waals surface area contributed by atoms with Crippen LogP contribution in [0.2, 0.25) is 0 Å². The summed E-state index contributed by atoms with van der Waals surface area (Å²) in [4.78, 5) is 17.2. The summed E-state index contributed by atoms with van der Waals surface area (Å²) in [7, 11) is 0. The number of hydrogen-bond acceptors (Lipinski definition) is 5. The van der Waals surface area contributed by atoms with Crippen LogP contribution >= 0.6 is 27.3 Å². The van der Waals surface area contributed by atoms with E-state index in [4.69, 9.17) is 0 Å². The highest BCUT2D eigenvalue weighted by Gasteiger charge is 2.20. The Balaban J connectivity index is 1.73. The molecular weight excluding hydrogens is 328 g/mol. The van der Waals surface area contributed by atoms with Gasteiger partial charge in [-0.2, -0.15) is 0 Å². The van der Waals surface area contributed by atoms with Crippen LogP contribution < -0.4 is 0 Å². The lowest BCUT2D eigenvalue weighted by molar-refractivity contribution is -0.0126. The third kappa shape index (κ3) is 4.36. The van der Waals surface area contributed by atoms with Crippen LogP contribution in [0.25, 0.3) is 0 Å². The quantitative estimate of drug-likeness (QED) is 0.828. The normalized spacial score (nSPS) is 19.5. The minimum atomic E-state index is -0.368. The van der Waals surface area contributed by atoms with E-state index in [1.54, 1.807) is 6.92 Å². The summed E-state index contributed by atoms with van der Waals surface area (Å²) >= 11 is 4.87. The van der Waals surface area contributed by atoms with Crippen molar-refractivity contribution in [3.05, 3.63) is 20.8 Å². The Labute approximate surface area is 126 Å². The molecule has 0 saturated carbocycles. The first-order valence-corrected chi connectivity index (χ1v) is 8.10. The predicted molar refractivity (Wildman–Crippen MR) is 80.7 cm³/mol. The van der Waals surface area contributed by atoms with Crippen molar-refractivity contribution in [3.8, 4) is 0 Å². The molecule has 2 heterocycles. The number of nitrogens with zero attached hydrogens (tertiary/aromatic N) is 2. The highest BCUT2D eigenvalue weighted by molar-refractivity contribution is 9.11. The topological polar surface area (TPSA) is 43.8 Å². The van der Waals surface area contributed by atoms with E-state index in [0.29, 0.717) is 6.42 Å². The summed E-state index contributed by atoms with van der Waals surface area (Å²) < 4.78 is 1.00. The summed E-state index contributed by atoms with van der Waals surface area (Å²) in [5, 5.41) is 9.48. The lowest BCUT2D eigenvalue weighted by Crippen LogP contribution is -2.49. The van der Waals surface area contributed by atoms with Crippen LogP contribution in [-0.2, 0) is 0 Å². The van der Waals surface area contributed by atoms with E-state index >= 15 is 0 Å². The summed E-state index contributed by atoms with van der Waals surface area (Å²) in [6.07, 6.45) is 0.203. The molecule has 1 aromatic rings. The van der Waals surface area contributed by atoms with Crippen LogP contribution in [0.4, 0.5) is 0 Å². The number of ketones is 1. The van der Waals surface area contributed by atoms with Gasteiger partial charge in [-0.05, 0) is 35.0 Å². The monoisotopic (exact) mass is 346 g/mol. The molecule has 1 aromatic heterocycles. The zero-order valence-corrected chi connectivity index (χ0v) is 13.4. The maximum atomic E-state index is 12.0. The van der Waals surface area contributed by atoms with Gasteiger partial charge in [0, 0.05) is 39.1 Å². The number of aliphatic hydroxyl groups excluding tert-OH is 1. The lowest BCUT2D eigenvalue weighted by atomic mass is 10.2. The Kier molecular flexibility index (Phi) is 5.53. The molecule has 2 rings (SSSR count). The number of Topliss-reactive ketones (excluding diaryl/α,β-unsaturated/α-hetero) is 1. The molecule has 1 fully saturated rings. The molecule has 19 heavy (non-hydrogen) atoms. The fourth-order valence-corrected chi connectivity index (χ4v) is 3.56. The van der Waals surface area contributed by atoms with E-state index in [0.717, 1.165) is 41.4 Å². The number of halogens is 1. The molecule has 4 nitrogen and oxygen atoms in total. The Bertz CT molecular complexity index is 428. The Hall–Kier alpha value is -0.270. The zero-order valence-electron chi connectivity index (χ0n) is 11.0. The number of rotatable bonds is 5. The summed E-state index contributed by atoms with van der Waals surface area (Å²) in [5.74, 6) is 0.216. The predicted octanol–water partition coefficient (Wildman–Crippen LogP) is 2.04. The molecule has 1 saturated heterocycles. The standard InChI is InChI=1S/C13H19BrN2O2S/c1-10(17)16-8-6-15(7-9-16)5-4-11(18)12-2-3-13(14)19-12/h2-3,10,17H,4-9H2,1H3. The second-order valence-corrected chi connectivity index (χ2v) is 7.25. The molecule has 0 spiro atoms. The van der Waals surface area contributed by atoms with E-state index in [2.05, 4.69) is 25.7 Å². The SMILES string of the molecule is CC(O)N1CCN(CCC(=O)c2ccc(Br)s2)CC1. The van der Waals surface area contributed by atoms with Crippen molar-refractivity contribution in [2.75, 3.05) is 32.7 Å². The van der Waals surface area contributed by atoms with Gasteiger partial charge in [-0.1, -0.05) is 0 Å². The van der Waals surface area contributed by atoms with Crippen molar-refractivity contribution >= 4 is 33.0 Å². The van der Waals surface area contributed by atoms with Crippen LogP contribution in [0.3, 0.4) is 0 Å². The van der Waals surface area contributed by atoms with Crippen molar-refractivity contribution in [1.29, 1.82) is 0 Å². The van der Waals surface area contributed by atoms with Crippen LogP contribution in [0, 0.1) is 0 Å². The Morgan fingerprint density at radius 2 is 2.11 bits per heavy atom. The van der Waals surface area contributed by atoms with Crippen LogP contribution in [0.15, 0.2) is 15.9 Å². The van der Waals surface area contributed by atoms with Crippen molar-refractivity contribution < 1.29 is 9.90 Å². The molecule has 0 bridgehead atoms. The van der Waals surface area contributed by atoms with Crippen molar-refractivity contribution in [2.45, 2.75) is 19.6 Å². The van der Waals surface area contributed by atoms with Crippen molar-refractivity contribution in [2.24, 2.45) is 0 Å². The van der Waals surface area contributed by atoms with E-state index in [9.17, 15) is 9.90 Å². The third-order valence-electron chi connectivity index (χ3n) is 3.44. The highest BCUT2D eigenvalue weighted by atomic mass is 79.9. The number of thiophene rings is 1. The van der Waals surface area contributed by atoms with E-state index in [1.807, 2.05) is 12.1 Å². The van der Waals surface area contributed by atoms with Crippen LogP contribution in [-0.4, -0.2) is 59.6 Å². The Morgan fingerprint density at radius 3 is 2.63 bits per heavy atom. The summed E-state index contributed by atoms with van der Waals surface area (Å²) in [6.45, 7) is 6.20. The third-order valence-corrected chi connectivity index (χ3v) is 5.10. The van der Waals surface area contributed by atoms with E-state index < -0.39 is 0 Å². The molecule has 0 amide bonds. The molecule has 1 atom stereocenters. The van der Waals surface area contributed by atoms with Crippen LogP contribution in [0.1, 0.15) is 23.0 Å². The molecule has 106 valence electrons. The van der Waals surface area contributed by atoms with Gasteiger partial charge in [0.05, 0.1) is 8.66 Å². The minimum Gasteiger partial charge on any atom is -0.379 e. The maximum Gasteiger partial charge on any atom is 0.174 e. The maximum absolute atomic E-state index is 12.0. The van der Waals surface area contributed by atoms with Gasteiger partial charge in [0.25, 0.3) is 0 Å². The van der Waals surface area contributed by atoms with Gasteiger partial charge >= 0.3 is 0 Å². The number of hydrogen-bond donors (Lipinski definition) is 1. The first kappa shape index (κ1) is 15.1. The van der Waals surface area contributed by atoms with E-state index in [-0.39, 0.29) is 12.0 Å². The van der Waals surface area contributed by atoms with Gasteiger partial charge in [-0.25, -0.2) is 0 Å². The number of carbonyl (C=O) groups is 1.